The second-order valence-electron chi connectivity index (χ2n) is 8.19. The number of benzene rings is 1. The van der Waals surface area contributed by atoms with Crippen molar-refractivity contribution < 1.29 is 17.9 Å². The molecule has 1 aliphatic rings. The van der Waals surface area contributed by atoms with Crippen LogP contribution in [0.3, 0.4) is 0 Å². The van der Waals surface area contributed by atoms with Gasteiger partial charge in [0, 0.05) is 30.7 Å². The highest BCUT2D eigenvalue weighted by Gasteiger charge is 2.29. The SMILES string of the molecule is CC(C)CN1CCOC(CNC(=O)C(NS(=O)(=O)c2ccc(Br)cc2)C(C)C)C1. The van der Waals surface area contributed by atoms with Crippen LogP contribution >= 0.6 is 15.9 Å². The quantitative estimate of drug-likeness (QED) is 0.555. The minimum absolute atomic E-state index is 0.0951. The predicted molar refractivity (Wildman–Crippen MR) is 117 cm³/mol. The number of hydrogen-bond donors (Lipinski definition) is 2. The molecule has 9 heteroatoms. The summed E-state index contributed by atoms with van der Waals surface area (Å²) in [5, 5.41) is 2.87. The van der Waals surface area contributed by atoms with Crippen LogP contribution in [0, 0.1) is 11.8 Å². The lowest BCUT2D eigenvalue weighted by Gasteiger charge is -2.34. The van der Waals surface area contributed by atoms with Gasteiger partial charge in [-0.1, -0.05) is 43.6 Å². The number of nitrogens with one attached hydrogen (secondary N) is 2. The summed E-state index contributed by atoms with van der Waals surface area (Å²) in [4.78, 5) is 15.2. The Labute approximate surface area is 182 Å². The lowest BCUT2D eigenvalue weighted by molar-refractivity contribution is -0.124. The van der Waals surface area contributed by atoms with Crippen molar-refractivity contribution in [1.29, 1.82) is 0 Å². The molecule has 1 aliphatic heterocycles. The predicted octanol–water partition coefficient (Wildman–Crippen LogP) is 2.23. The number of halogens is 1. The van der Waals surface area contributed by atoms with Gasteiger partial charge >= 0.3 is 0 Å². The molecule has 1 amide bonds. The number of amides is 1. The van der Waals surface area contributed by atoms with Crippen molar-refractivity contribution >= 4 is 31.9 Å². The Kier molecular flexibility index (Phi) is 9.09. The topological polar surface area (TPSA) is 87.7 Å². The lowest BCUT2D eigenvalue weighted by Crippen LogP contribution is -2.53. The third-order valence-corrected chi connectivity index (χ3v) is 6.69. The fraction of sp³-hybridized carbons (Fsp3) is 0.650. The number of ether oxygens (including phenoxy) is 1. The first kappa shape index (κ1) is 24.3. The first-order chi connectivity index (χ1) is 13.6. The number of rotatable bonds is 9. The van der Waals surface area contributed by atoms with Gasteiger partial charge in [-0.25, -0.2) is 8.42 Å². The number of hydrogen-bond acceptors (Lipinski definition) is 5. The van der Waals surface area contributed by atoms with Crippen LogP contribution in [0.15, 0.2) is 33.6 Å². The largest absolute Gasteiger partial charge is 0.374 e. The molecule has 0 bridgehead atoms. The van der Waals surface area contributed by atoms with Crippen molar-refractivity contribution in [2.24, 2.45) is 11.8 Å². The van der Waals surface area contributed by atoms with E-state index in [0.29, 0.717) is 19.1 Å². The maximum absolute atomic E-state index is 12.7. The summed E-state index contributed by atoms with van der Waals surface area (Å²) >= 11 is 3.29. The number of carbonyl (C=O) groups is 1. The van der Waals surface area contributed by atoms with Crippen LogP contribution < -0.4 is 10.0 Å². The van der Waals surface area contributed by atoms with Crippen molar-refractivity contribution in [2.45, 2.75) is 44.7 Å². The second kappa shape index (κ2) is 10.9. The molecule has 2 atom stereocenters. The van der Waals surface area contributed by atoms with E-state index in [-0.39, 0.29) is 22.8 Å². The highest BCUT2D eigenvalue weighted by molar-refractivity contribution is 9.10. The summed E-state index contributed by atoms with van der Waals surface area (Å²) in [6.07, 6.45) is -0.0951. The van der Waals surface area contributed by atoms with E-state index in [1.165, 1.54) is 12.1 Å². The van der Waals surface area contributed by atoms with Crippen molar-refractivity contribution in [2.75, 3.05) is 32.8 Å². The monoisotopic (exact) mass is 489 g/mol. The number of morpholine rings is 1. The first-order valence-corrected chi connectivity index (χ1v) is 12.3. The molecule has 2 rings (SSSR count). The zero-order chi connectivity index (χ0) is 21.6. The van der Waals surface area contributed by atoms with Crippen LogP contribution in [0.1, 0.15) is 27.7 Å². The third-order valence-electron chi connectivity index (χ3n) is 4.71. The van der Waals surface area contributed by atoms with E-state index in [1.54, 1.807) is 12.1 Å². The van der Waals surface area contributed by atoms with Gasteiger partial charge in [-0.05, 0) is 36.1 Å². The Balaban J connectivity index is 1.96. The van der Waals surface area contributed by atoms with Crippen molar-refractivity contribution in [3.05, 3.63) is 28.7 Å². The molecule has 1 aromatic carbocycles. The summed E-state index contributed by atoms with van der Waals surface area (Å²) in [6.45, 7) is 11.6. The van der Waals surface area contributed by atoms with Crippen molar-refractivity contribution in [1.82, 2.24) is 14.9 Å². The molecular formula is C20H32BrN3O4S. The van der Waals surface area contributed by atoms with Gasteiger partial charge in [0.1, 0.15) is 6.04 Å². The summed E-state index contributed by atoms with van der Waals surface area (Å²) in [6, 6.07) is 5.45. The van der Waals surface area contributed by atoms with Gasteiger partial charge in [0.25, 0.3) is 0 Å². The van der Waals surface area contributed by atoms with E-state index < -0.39 is 16.1 Å². The standard InChI is InChI=1S/C20H32BrN3O4S/c1-14(2)12-24-9-10-28-17(13-24)11-22-20(25)19(15(3)4)23-29(26,27)18-7-5-16(21)6-8-18/h5-8,14-15,17,19,23H,9-13H2,1-4H3,(H,22,25). The Hall–Kier alpha value is -1.00. The number of carbonyl (C=O) groups excluding carboxylic acids is 1. The van der Waals surface area contributed by atoms with E-state index in [1.807, 2.05) is 13.8 Å². The molecular weight excluding hydrogens is 458 g/mol. The summed E-state index contributed by atoms with van der Waals surface area (Å²) in [5.74, 6) is 0.0249. The average Bonchev–Trinajstić information content (AvgIpc) is 2.64. The van der Waals surface area contributed by atoms with Crippen LogP contribution in [0.4, 0.5) is 0 Å². The first-order valence-electron chi connectivity index (χ1n) is 9.98. The van der Waals surface area contributed by atoms with E-state index in [4.69, 9.17) is 4.74 Å². The summed E-state index contributed by atoms with van der Waals surface area (Å²) < 4.78 is 34.4. The maximum Gasteiger partial charge on any atom is 0.241 e. The van der Waals surface area contributed by atoms with Crippen molar-refractivity contribution in [3.63, 3.8) is 0 Å². The van der Waals surface area contributed by atoms with Gasteiger partial charge in [-0.3, -0.25) is 9.69 Å². The number of nitrogens with zero attached hydrogens (tertiary/aromatic N) is 1. The number of sulfonamides is 1. The van der Waals surface area contributed by atoms with Crippen LogP contribution in [0.25, 0.3) is 0 Å². The normalized spacial score (nSPS) is 19.5. The van der Waals surface area contributed by atoms with Crippen LogP contribution in [-0.2, 0) is 19.6 Å². The molecule has 164 valence electrons. The molecule has 0 radical (unpaired) electrons. The summed E-state index contributed by atoms with van der Waals surface area (Å²) in [5.41, 5.74) is 0. The van der Waals surface area contributed by atoms with Gasteiger partial charge in [-0.2, -0.15) is 4.72 Å². The molecule has 1 heterocycles. The van der Waals surface area contributed by atoms with E-state index in [0.717, 1.165) is 24.1 Å². The minimum Gasteiger partial charge on any atom is -0.374 e. The molecule has 0 saturated carbocycles. The van der Waals surface area contributed by atoms with Crippen LogP contribution in [0.2, 0.25) is 0 Å². The molecule has 1 saturated heterocycles. The molecule has 0 aromatic heterocycles. The van der Waals surface area contributed by atoms with E-state index >= 15 is 0 Å². The lowest BCUT2D eigenvalue weighted by atomic mass is 10.0. The highest BCUT2D eigenvalue weighted by Crippen LogP contribution is 2.16. The maximum atomic E-state index is 12.7. The molecule has 1 fully saturated rings. The van der Waals surface area contributed by atoms with Crippen LogP contribution in [0.5, 0.6) is 0 Å². The zero-order valence-electron chi connectivity index (χ0n) is 17.5. The van der Waals surface area contributed by atoms with Gasteiger partial charge < -0.3 is 10.1 Å². The third kappa shape index (κ3) is 7.64. The van der Waals surface area contributed by atoms with Crippen LogP contribution in [-0.4, -0.2) is 64.2 Å². The Bertz CT molecular complexity index is 768. The fourth-order valence-corrected chi connectivity index (χ4v) is 4.86. The fourth-order valence-electron chi connectivity index (χ4n) is 3.25. The van der Waals surface area contributed by atoms with E-state index in [2.05, 4.69) is 44.7 Å². The van der Waals surface area contributed by atoms with Gasteiger partial charge in [0.2, 0.25) is 15.9 Å². The molecule has 7 nitrogen and oxygen atoms in total. The van der Waals surface area contributed by atoms with Crippen molar-refractivity contribution in [3.8, 4) is 0 Å². The minimum atomic E-state index is -3.80. The second-order valence-corrected chi connectivity index (χ2v) is 10.8. The molecule has 29 heavy (non-hydrogen) atoms. The molecule has 0 aliphatic carbocycles. The molecule has 2 N–H and O–H groups in total. The van der Waals surface area contributed by atoms with Gasteiger partial charge in [0.15, 0.2) is 0 Å². The van der Waals surface area contributed by atoms with E-state index in [9.17, 15) is 13.2 Å². The van der Waals surface area contributed by atoms with Gasteiger partial charge in [0.05, 0.1) is 17.6 Å². The molecule has 2 unspecified atom stereocenters. The molecule has 0 spiro atoms. The van der Waals surface area contributed by atoms with Gasteiger partial charge in [-0.15, -0.1) is 0 Å². The summed E-state index contributed by atoms with van der Waals surface area (Å²) in [7, 11) is -3.80. The molecule has 1 aromatic rings. The smallest absolute Gasteiger partial charge is 0.241 e. The Morgan fingerprint density at radius 3 is 2.48 bits per heavy atom. The highest BCUT2D eigenvalue weighted by atomic mass is 79.9. The average molecular weight is 490 g/mol. The Morgan fingerprint density at radius 2 is 1.90 bits per heavy atom. The Morgan fingerprint density at radius 1 is 1.24 bits per heavy atom. The zero-order valence-corrected chi connectivity index (χ0v) is 19.9.